The minimum absolute atomic E-state index is 0.0335. The minimum atomic E-state index is -0.875. The summed E-state index contributed by atoms with van der Waals surface area (Å²) in [5.74, 6) is -1.39. The molecule has 0 bridgehead atoms. The molecule has 114 valence electrons. The smallest absolute Gasteiger partial charge is 0.317 e. The van der Waals surface area contributed by atoms with E-state index in [1.54, 1.807) is 11.8 Å². The highest BCUT2D eigenvalue weighted by molar-refractivity contribution is 5.77. The highest BCUT2D eigenvalue weighted by atomic mass is 16.5. The SMILES string of the molecule is CCOC(=O)[C@H]1CCCN(C(=O)NCCCC(=O)O)C1. The minimum Gasteiger partial charge on any atom is -0.481 e. The van der Waals surface area contributed by atoms with E-state index in [1.165, 1.54) is 0 Å². The van der Waals surface area contributed by atoms with Crippen molar-refractivity contribution < 1.29 is 24.2 Å². The third-order valence-electron chi connectivity index (χ3n) is 3.17. The molecule has 1 atom stereocenters. The average molecular weight is 286 g/mol. The Morgan fingerprint density at radius 2 is 2.15 bits per heavy atom. The number of ether oxygens (including phenoxy) is 1. The molecule has 7 heteroatoms. The van der Waals surface area contributed by atoms with E-state index < -0.39 is 5.97 Å². The lowest BCUT2D eigenvalue weighted by Crippen LogP contribution is -2.47. The molecule has 1 aliphatic rings. The first-order valence-electron chi connectivity index (χ1n) is 6.95. The maximum atomic E-state index is 11.9. The predicted molar refractivity (Wildman–Crippen MR) is 71.2 cm³/mol. The molecule has 0 aromatic heterocycles. The van der Waals surface area contributed by atoms with Crippen LogP contribution in [0.5, 0.6) is 0 Å². The number of esters is 1. The molecule has 0 aromatic rings. The number of hydrogen-bond acceptors (Lipinski definition) is 4. The van der Waals surface area contributed by atoms with Gasteiger partial charge in [-0.2, -0.15) is 0 Å². The second-order valence-corrected chi connectivity index (χ2v) is 4.77. The molecule has 0 aromatic carbocycles. The first-order chi connectivity index (χ1) is 9.54. The summed E-state index contributed by atoms with van der Waals surface area (Å²) in [6, 6.07) is -0.246. The van der Waals surface area contributed by atoms with Gasteiger partial charge in [0.05, 0.1) is 12.5 Å². The summed E-state index contributed by atoms with van der Waals surface area (Å²) in [5, 5.41) is 11.2. The van der Waals surface area contributed by atoms with Crippen LogP contribution in [0.15, 0.2) is 0 Å². The number of carbonyl (C=O) groups is 3. The molecule has 0 aliphatic carbocycles. The third kappa shape index (κ3) is 5.46. The van der Waals surface area contributed by atoms with E-state index in [0.717, 1.165) is 12.8 Å². The van der Waals surface area contributed by atoms with Crippen LogP contribution in [0.1, 0.15) is 32.6 Å². The van der Waals surface area contributed by atoms with E-state index >= 15 is 0 Å². The van der Waals surface area contributed by atoms with Crippen molar-refractivity contribution in [2.45, 2.75) is 32.6 Å². The Morgan fingerprint density at radius 1 is 1.40 bits per heavy atom. The quantitative estimate of drug-likeness (QED) is 0.557. The summed E-state index contributed by atoms with van der Waals surface area (Å²) in [5.41, 5.74) is 0. The second kappa shape index (κ2) is 8.39. The molecule has 0 spiro atoms. The molecule has 0 unspecified atom stereocenters. The van der Waals surface area contributed by atoms with Crippen molar-refractivity contribution in [1.82, 2.24) is 10.2 Å². The number of hydrogen-bond donors (Lipinski definition) is 2. The van der Waals surface area contributed by atoms with Crippen LogP contribution in [-0.4, -0.2) is 54.2 Å². The number of carboxylic acid groups (broad SMARTS) is 1. The Morgan fingerprint density at radius 3 is 2.80 bits per heavy atom. The van der Waals surface area contributed by atoms with E-state index in [2.05, 4.69) is 5.32 Å². The summed E-state index contributed by atoms with van der Waals surface area (Å²) < 4.78 is 4.97. The maximum absolute atomic E-state index is 11.9. The van der Waals surface area contributed by atoms with Gasteiger partial charge in [-0.15, -0.1) is 0 Å². The number of carbonyl (C=O) groups excluding carboxylic acids is 2. The predicted octanol–water partition coefficient (Wildman–Crippen LogP) is 0.836. The molecule has 0 radical (unpaired) electrons. The van der Waals surface area contributed by atoms with Crippen LogP contribution in [0.2, 0.25) is 0 Å². The van der Waals surface area contributed by atoms with Crippen LogP contribution < -0.4 is 5.32 Å². The van der Waals surface area contributed by atoms with Crippen molar-refractivity contribution in [3.63, 3.8) is 0 Å². The molecule has 2 amide bonds. The van der Waals surface area contributed by atoms with Crippen molar-refractivity contribution in [2.75, 3.05) is 26.2 Å². The zero-order valence-electron chi connectivity index (χ0n) is 11.8. The Balaban J connectivity index is 2.32. The molecule has 1 fully saturated rings. The maximum Gasteiger partial charge on any atom is 0.317 e. The van der Waals surface area contributed by atoms with Crippen LogP contribution in [0.3, 0.4) is 0 Å². The Hall–Kier alpha value is -1.79. The average Bonchev–Trinajstić information content (AvgIpc) is 2.43. The van der Waals surface area contributed by atoms with Crippen molar-refractivity contribution in [3.8, 4) is 0 Å². The Bertz CT molecular complexity index is 359. The number of aliphatic carboxylic acids is 1. The fraction of sp³-hybridized carbons (Fsp3) is 0.769. The molecule has 1 aliphatic heterocycles. The van der Waals surface area contributed by atoms with Crippen LogP contribution in [0.4, 0.5) is 4.79 Å². The third-order valence-corrected chi connectivity index (χ3v) is 3.17. The van der Waals surface area contributed by atoms with Crippen molar-refractivity contribution in [1.29, 1.82) is 0 Å². The van der Waals surface area contributed by atoms with Gasteiger partial charge in [0.1, 0.15) is 0 Å². The van der Waals surface area contributed by atoms with Gasteiger partial charge in [-0.1, -0.05) is 0 Å². The highest BCUT2D eigenvalue weighted by Crippen LogP contribution is 2.17. The lowest BCUT2D eigenvalue weighted by atomic mass is 9.98. The molecular weight excluding hydrogens is 264 g/mol. The summed E-state index contributed by atoms with van der Waals surface area (Å²) >= 11 is 0. The van der Waals surface area contributed by atoms with Gasteiger partial charge >= 0.3 is 18.0 Å². The van der Waals surface area contributed by atoms with E-state index in [1.807, 2.05) is 0 Å². The Kier molecular flexibility index (Phi) is 6.83. The number of urea groups is 1. The first kappa shape index (κ1) is 16.3. The summed E-state index contributed by atoms with van der Waals surface area (Å²) in [4.78, 5) is 35.5. The summed E-state index contributed by atoms with van der Waals surface area (Å²) in [7, 11) is 0. The van der Waals surface area contributed by atoms with Gasteiger partial charge < -0.3 is 20.1 Å². The van der Waals surface area contributed by atoms with Crippen LogP contribution in [-0.2, 0) is 14.3 Å². The van der Waals surface area contributed by atoms with Crippen molar-refractivity contribution >= 4 is 18.0 Å². The molecule has 1 heterocycles. The van der Waals surface area contributed by atoms with Crippen LogP contribution in [0, 0.1) is 5.92 Å². The summed E-state index contributed by atoms with van der Waals surface area (Å²) in [6.45, 7) is 3.40. The van der Waals surface area contributed by atoms with Crippen LogP contribution >= 0.6 is 0 Å². The lowest BCUT2D eigenvalue weighted by molar-refractivity contribution is -0.149. The van der Waals surface area contributed by atoms with Gasteiger partial charge in [0.15, 0.2) is 0 Å². The summed E-state index contributed by atoms with van der Waals surface area (Å²) in [6.07, 6.45) is 1.94. The first-order valence-corrected chi connectivity index (χ1v) is 6.95. The largest absolute Gasteiger partial charge is 0.481 e. The molecule has 1 saturated heterocycles. The number of amides is 2. The number of likely N-dealkylation sites (tertiary alicyclic amines) is 1. The van der Waals surface area contributed by atoms with E-state index in [4.69, 9.17) is 9.84 Å². The molecule has 7 nitrogen and oxygen atoms in total. The van der Waals surface area contributed by atoms with Crippen molar-refractivity contribution in [2.24, 2.45) is 5.92 Å². The number of carboxylic acids is 1. The number of nitrogens with one attached hydrogen (secondary N) is 1. The molecule has 2 N–H and O–H groups in total. The zero-order valence-corrected chi connectivity index (χ0v) is 11.8. The van der Waals surface area contributed by atoms with Gasteiger partial charge in [-0.25, -0.2) is 4.79 Å². The lowest BCUT2D eigenvalue weighted by Gasteiger charge is -2.31. The van der Waals surface area contributed by atoms with E-state index in [-0.39, 0.29) is 24.3 Å². The zero-order chi connectivity index (χ0) is 15.0. The highest BCUT2D eigenvalue weighted by Gasteiger charge is 2.29. The van der Waals surface area contributed by atoms with Crippen molar-refractivity contribution in [3.05, 3.63) is 0 Å². The fourth-order valence-corrected chi connectivity index (χ4v) is 2.16. The standard InChI is InChI=1S/C13H22N2O5/c1-2-20-12(18)10-5-4-8-15(9-10)13(19)14-7-3-6-11(16)17/h10H,2-9H2,1H3,(H,14,19)(H,16,17)/t10-/m0/s1. The Labute approximate surface area is 118 Å². The molecule has 0 saturated carbocycles. The molecule has 20 heavy (non-hydrogen) atoms. The number of nitrogens with zero attached hydrogens (tertiary/aromatic N) is 1. The van der Waals surface area contributed by atoms with Gasteiger partial charge in [0, 0.05) is 26.1 Å². The second-order valence-electron chi connectivity index (χ2n) is 4.77. The van der Waals surface area contributed by atoms with Gasteiger partial charge in [0.25, 0.3) is 0 Å². The fourth-order valence-electron chi connectivity index (χ4n) is 2.16. The topological polar surface area (TPSA) is 95.9 Å². The normalized spacial score (nSPS) is 18.4. The van der Waals surface area contributed by atoms with E-state index in [0.29, 0.717) is 32.7 Å². The van der Waals surface area contributed by atoms with Gasteiger partial charge in [0.2, 0.25) is 0 Å². The molecular formula is C13H22N2O5. The van der Waals surface area contributed by atoms with Gasteiger partial charge in [-0.3, -0.25) is 9.59 Å². The number of piperidine rings is 1. The number of rotatable bonds is 6. The monoisotopic (exact) mass is 286 g/mol. The van der Waals surface area contributed by atoms with Crippen LogP contribution in [0.25, 0.3) is 0 Å². The molecule has 1 rings (SSSR count). The van der Waals surface area contributed by atoms with Gasteiger partial charge in [-0.05, 0) is 26.2 Å². The van der Waals surface area contributed by atoms with E-state index in [9.17, 15) is 14.4 Å².